The Kier molecular flexibility index (Phi) is 5.82. The van der Waals surface area contributed by atoms with Gasteiger partial charge in [-0.1, -0.05) is 30.7 Å². The van der Waals surface area contributed by atoms with E-state index in [1.165, 1.54) is 5.57 Å². The molecular weight excluding hydrogens is 284 g/mol. The Labute approximate surface area is 127 Å². The van der Waals surface area contributed by atoms with E-state index in [1.54, 1.807) is 12.1 Å². The van der Waals surface area contributed by atoms with Crippen molar-refractivity contribution in [3.05, 3.63) is 35.9 Å². The van der Waals surface area contributed by atoms with E-state index < -0.39 is 9.84 Å². The fourth-order valence-corrected chi connectivity index (χ4v) is 4.04. The van der Waals surface area contributed by atoms with E-state index >= 15 is 0 Å². The van der Waals surface area contributed by atoms with Crippen molar-refractivity contribution in [2.45, 2.75) is 31.1 Å². The number of anilines is 1. The first-order chi connectivity index (χ1) is 10.1. The molecule has 0 fully saturated rings. The molecule has 1 aromatic carbocycles. The molecule has 0 saturated heterocycles. The van der Waals surface area contributed by atoms with Crippen LogP contribution < -0.4 is 10.6 Å². The summed E-state index contributed by atoms with van der Waals surface area (Å²) in [6.45, 7) is 4.63. The number of sulfone groups is 1. The van der Waals surface area contributed by atoms with E-state index in [0.717, 1.165) is 38.2 Å². The number of hydrogen-bond donors (Lipinski definition) is 2. The second kappa shape index (κ2) is 7.61. The third-order valence-corrected chi connectivity index (χ3v) is 5.59. The maximum atomic E-state index is 12.3. The van der Waals surface area contributed by atoms with Crippen molar-refractivity contribution in [2.75, 3.05) is 30.7 Å². The number of benzene rings is 1. The lowest BCUT2D eigenvalue weighted by molar-refractivity contribution is 0.595. The fourth-order valence-electron chi connectivity index (χ4n) is 2.52. The summed E-state index contributed by atoms with van der Waals surface area (Å²) in [7, 11) is -3.18. The van der Waals surface area contributed by atoms with Crippen LogP contribution >= 0.6 is 0 Å². The van der Waals surface area contributed by atoms with Gasteiger partial charge in [0.15, 0.2) is 9.84 Å². The van der Waals surface area contributed by atoms with Gasteiger partial charge in [0.2, 0.25) is 0 Å². The highest BCUT2D eigenvalue weighted by Gasteiger charge is 2.17. The molecule has 0 aliphatic carbocycles. The SMILES string of the molecule is CCCS(=O)(=O)c1ccccc1NCCC1=CCNCC1. The average molecular weight is 308 g/mol. The molecule has 1 heterocycles. The zero-order valence-corrected chi connectivity index (χ0v) is 13.4. The summed E-state index contributed by atoms with van der Waals surface area (Å²) >= 11 is 0. The summed E-state index contributed by atoms with van der Waals surface area (Å²) in [5.41, 5.74) is 2.16. The van der Waals surface area contributed by atoms with Gasteiger partial charge in [0, 0.05) is 13.1 Å². The standard InChI is InChI=1S/C16H24N2O2S/c1-2-13-21(19,20)16-6-4-3-5-15(16)18-12-9-14-7-10-17-11-8-14/h3-7,17-18H,2,8-13H2,1H3. The highest BCUT2D eigenvalue weighted by atomic mass is 32.2. The summed E-state index contributed by atoms with van der Waals surface area (Å²) in [5.74, 6) is 0.197. The van der Waals surface area contributed by atoms with E-state index in [1.807, 2.05) is 19.1 Å². The van der Waals surface area contributed by atoms with Crippen LogP contribution in [-0.4, -0.2) is 33.8 Å². The molecule has 4 nitrogen and oxygen atoms in total. The average Bonchev–Trinajstić information content (AvgIpc) is 2.49. The molecule has 0 radical (unpaired) electrons. The van der Waals surface area contributed by atoms with Crippen LogP contribution in [0.3, 0.4) is 0 Å². The first-order valence-electron chi connectivity index (χ1n) is 7.58. The summed E-state index contributed by atoms with van der Waals surface area (Å²) in [5, 5.41) is 6.57. The maximum absolute atomic E-state index is 12.3. The summed E-state index contributed by atoms with van der Waals surface area (Å²) in [4.78, 5) is 0.422. The van der Waals surface area contributed by atoms with Crippen LogP contribution in [0.2, 0.25) is 0 Å². The minimum absolute atomic E-state index is 0.197. The highest BCUT2D eigenvalue weighted by Crippen LogP contribution is 2.23. The Morgan fingerprint density at radius 2 is 2.10 bits per heavy atom. The third kappa shape index (κ3) is 4.58. The molecule has 0 saturated carbocycles. The van der Waals surface area contributed by atoms with E-state index in [4.69, 9.17) is 0 Å². The molecule has 0 bridgehead atoms. The fraction of sp³-hybridized carbons (Fsp3) is 0.500. The molecule has 0 amide bonds. The van der Waals surface area contributed by atoms with E-state index in [9.17, 15) is 8.42 Å². The molecule has 2 N–H and O–H groups in total. The van der Waals surface area contributed by atoms with Crippen LogP contribution in [0.15, 0.2) is 40.8 Å². The van der Waals surface area contributed by atoms with E-state index in [0.29, 0.717) is 11.3 Å². The van der Waals surface area contributed by atoms with Crippen LogP contribution in [-0.2, 0) is 9.84 Å². The molecule has 116 valence electrons. The first-order valence-corrected chi connectivity index (χ1v) is 9.23. The lowest BCUT2D eigenvalue weighted by Gasteiger charge is -2.16. The van der Waals surface area contributed by atoms with Gasteiger partial charge in [-0.2, -0.15) is 0 Å². The zero-order chi connectivity index (χ0) is 15.1. The molecule has 5 heteroatoms. The van der Waals surface area contributed by atoms with Crippen LogP contribution in [0.5, 0.6) is 0 Å². The van der Waals surface area contributed by atoms with Gasteiger partial charge in [0.25, 0.3) is 0 Å². The van der Waals surface area contributed by atoms with E-state index in [2.05, 4.69) is 16.7 Å². The van der Waals surface area contributed by atoms with Gasteiger partial charge in [0.05, 0.1) is 16.3 Å². The normalized spacial score (nSPS) is 15.6. The van der Waals surface area contributed by atoms with Gasteiger partial charge in [-0.3, -0.25) is 0 Å². The summed E-state index contributed by atoms with van der Waals surface area (Å²) in [6.07, 6.45) is 4.91. The topological polar surface area (TPSA) is 58.2 Å². The van der Waals surface area contributed by atoms with Crippen LogP contribution in [0.25, 0.3) is 0 Å². The molecule has 0 atom stereocenters. The molecule has 0 spiro atoms. The maximum Gasteiger partial charge on any atom is 0.180 e. The van der Waals surface area contributed by atoms with Gasteiger partial charge in [-0.05, 0) is 37.9 Å². The quantitative estimate of drug-likeness (QED) is 0.760. The Morgan fingerprint density at radius 1 is 1.29 bits per heavy atom. The first kappa shape index (κ1) is 16.0. The number of nitrogens with one attached hydrogen (secondary N) is 2. The number of hydrogen-bond acceptors (Lipinski definition) is 4. The molecule has 1 aliphatic rings. The summed E-state index contributed by atoms with van der Waals surface area (Å²) in [6, 6.07) is 7.19. The molecule has 1 aromatic rings. The highest BCUT2D eigenvalue weighted by molar-refractivity contribution is 7.91. The predicted molar refractivity (Wildman–Crippen MR) is 87.5 cm³/mol. The van der Waals surface area contributed by atoms with Crippen molar-refractivity contribution in [2.24, 2.45) is 0 Å². The van der Waals surface area contributed by atoms with Crippen LogP contribution in [0.1, 0.15) is 26.2 Å². The third-order valence-electron chi connectivity index (χ3n) is 3.61. The predicted octanol–water partition coefficient (Wildman–Crippen LogP) is 2.59. The van der Waals surface area contributed by atoms with Gasteiger partial charge >= 0.3 is 0 Å². The van der Waals surface area contributed by atoms with Gasteiger partial charge < -0.3 is 10.6 Å². The lowest BCUT2D eigenvalue weighted by atomic mass is 10.1. The van der Waals surface area contributed by atoms with Crippen molar-refractivity contribution in [3.63, 3.8) is 0 Å². The molecular formula is C16H24N2O2S. The lowest BCUT2D eigenvalue weighted by Crippen LogP contribution is -2.21. The van der Waals surface area contributed by atoms with E-state index in [-0.39, 0.29) is 5.75 Å². The zero-order valence-electron chi connectivity index (χ0n) is 12.6. The van der Waals surface area contributed by atoms with Crippen molar-refractivity contribution < 1.29 is 8.42 Å². The molecule has 1 aliphatic heterocycles. The molecule has 0 aromatic heterocycles. The molecule has 0 unspecified atom stereocenters. The van der Waals surface area contributed by atoms with Gasteiger partial charge in [-0.25, -0.2) is 8.42 Å². The molecule has 2 rings (SSSR count). The minimum atomic E-state index is -3.18. The Balaban J connectivity index is 2.01. The Hall–Kier alpha value is -1.33. The van der Waals surface area contributed by atoms with Crippen LogP contribution in [0, 0.1) is 0 Å². The Bertz CT molecular complexity index is 594. The van der Waals surface area contributed by atoms with Gasteiger partial charge in [0.1, 0.15) is 0 Å². The number of rotatable bonds is 7. The second-order valence-electron chi connectivity index (χ2n) is 5.31. The van der Waals surface area contributed by atoms with Crippen molar-refractivity contribution in [1.29, 1.82) is 0 Å². The van der Waals surface area contributed by atoms with Crippen LogP contribution in [0.4, 0.5) is 5.69 Å². The Morgan fingerprint density at radius 3 is 2.81 bits per heavy atom. The van der Waals surface area contributed by atoms with Crippen molar-refractivity contribution in [1.82, 2.24) is 5.32 Å². The second-order valence-corrected chi connectivity index (χ2v) is 7.39. The summed E-state index contributed by atoms with van der Waals surface area (Å²) < 4.78 is 24.5. The van der Waals surface area contributed by atoms with Crippen molar-refractivity contribution >= 4 is 15.5 Å². The molecule has 21 heavy (non-hydrogen) atoms. The van der Waals surface area contributed by atoms with Crippen molar-refractivity contribution in [3.8, 4) is 0 Å². The number of para-hydroxylation sites is 1. The largest absolute Gasteiger partial charge is 0.384 e. The van der Waals surface area contributed by atoms with Gasteiger partial charge in [-0.15, -0.1) is 0 Å². The monoisotopic (exact) mass is 308 g/mol. The minimum Gasteiger partial charge on any atom is -0.384 e. The smallest absolute Gasteiger partial charge is 0.180 e.